The number of benzene rings is 2. The van der Waals surface area contributed by atoms with Crippen LogP contribution >= 0.6 is 23.6 Å². The topological polar surface area (TPSA) is 87.3 Å². The highest BCUT2D eigenvalue weighted by atomic mass is 32.1. The molecule has 1 aromatic heterocycles. The van der Waals surface area contributed by atoms with E-state index in [9.17, 15) is 9.59 Å². The van der Waals surface area contributed by atoms with Crippen LogP contribution < -0.4 is 5.32 Å². The number of hydrogen-bond acceptors (Lipinski definition) is 6. The van der Waals surface area contributed by atoms with Crippen molar-refractivity contribution in [3.05, 3.63) is 63.6 Å². The molecule has 1 aliphatic carbocycles. The monoisotopic (exact) mass is 468 g/mol. The van der Waals surface area contributed by atoms with E-state index in [1.807, 2.05) is 45.0 Å². The molecule has 0 aliphatic heterocycles. The quantitative estimate of drug-likeness (QED) is 0.457. The molecule has 7 nitrogen and oxygen atoms in total. The van der Waals surface area contributed by atoms with E-state index < -0.39 is 12.1 Å². The summed E-state index contributed by atoms with van der Waals surface area (Å²) in [5.74, 6) is -0.0813. The maximum atomic E-state index is 13.0. The fourth-order valence-corrected chi connectivity index (χ4v) is 4.59. The standard InChI is InChI=1S/C23H24N4O3S2/c1-23(2,3)13-27(20(28)24-19-25-26-21(31)32-19)22(29)30-12-18-16-10-6-4-8-14(16)15-9-5-7-11-17(15)18/h4-11,18H,12-13H2,1-3H3,(H,26,31)(H,24,25,28). The smallest absolute Gasteiger partial charge is 0.418 e. The van der Waals surface area contributed by atoms with Crippen LogP contribution in [0.5, 0.6) is 0 Å². The minimum absolute atomic E-state index is 0.0813. The largest absolute Gasteiger partial charge is 0.448 e. The van der Waals surface area contributed by atoms with Crippen molar-refractivity contribution in [3.63, 3.8) is 0 Å². The lowest BCUT2D eigenvalue weighted by atomic mass is 9.96. The zero-order chi connectivity index (χ0) is 22.9. The first-order valence-corrected chi connectivity index (χ1v) is 11.4. The molecule has 32 heavy (non-hydrogen) atoms. The highest BCUT2D eigenvalue weighted by Crippen LogP contribution is 2.44. The summed E-state index contributed by atoms with van der Waals surface area (Å²) in [4.78, 5) is 27.0. The molecular weight excluding hydrogens is 444 g/mol. The fourth-order valence-electron chi connectivity index (χ4n) is 3.81. The average Bonchev–Trinajstić information content (AvgIpc) is 3.30. The van der Waals surface area contributed by atoms with E-state index in [0.717, 1.165) is 38.5 Å². The first-order valence-electron chi connectivity index (χ1n) is 10.2. The number of rotatable bonds is 4. The van der Waals surface area contributed by atoms with E-state index in [1.54, 1.807) is 0 Å². The molecular formula is C23H24N4O3S2. The Bertz CT molecular complexity index is 1170. The third-order valence-electron chi connectivity index (χ3n) is 5.09. The molecule has 0 unspecified atom stereocenters. The Balaban J connectivity index is 1.52. The molecule has 3 amide bonds. The third-order valence-corrected chi connectivity index (χ3v) is 6.09. The van der Waals surface area contributed by atoms with Gasteiger partial charge in [0.1, 0.15) is 6.61 Å². The molecule has 0 fully saturated rings. The number of carbonyl (C=O) groups excluding carboxylic acids is 2. The van der Waals surface area contributed by atoms with Gasteiger partial charge < -0.3 is 4.74 Å². The number of urea groups is 1. The van der Waals surface area contributed by atoms with Crippen LogP contribution in [0.25, 0.3) is 11.1 Å². The molecule has 4 rings (SSSR count). The maximum absolute atomic E-state index is 13.0. The Morgan fingerprint density at radius 1 is 1.12 bits per heavy atom. The fraction of sp³-hybridized carbons (Fsp3) is 0.304. The van der Waals surface area contributed by atoms with Gasteiger partial charge in [0.25, 0.3) is 0 Å². The minimum Gasteiger partial charge on any atom is -0.448 e. The summed E-state index contributed by atoms with van der Waals surface area (Å²) in [5, 5.41) is 9.45. The number of imide groups is 1. The van der Waals surface area contributed by atoms with Crippen LogP contribution in [-0.4, -0.2) is 40.4 Å². The first-order chi connectivity index (χ1) is 15.2. The minimum atomic E-state index is -0.696. The van der Waals surface area contributed by atoms with Gasteiger partial charge in [-0.05, 0) is 39.9 Å². The van der Waals surface area contributed by atoms with Crippen molar-refractivity contribution in [2.75, 3.05) is 18.5 Å². The van der Waals surface area contributed by atoms with Crippen LogP contribution in [0.4, 0.5) is 14.7 Å². The molecule has 166 valence electrons. The van der Waals surface area contributed by atoms with Crippen molar-refractivity contribution in [3.8, 4) is 11.1 Å². The Hall–Kier alpha value is -3.04. The summed E-state index contributed by atoms with van der Waals surface area (Å²) in [7, 11) is 0. The van der Waals surface area contributed by atoms with Crippen molar-refractivity contribution in [1.29, 1.82) is 0 Å². The van der Waals surface area contributed by atoms with Gasteiger partial charge in [0.05, 0.1) is 0 Å². The summed E-state index contributed by atoms with van der Waals surface area (Å²) in [6.45, 7) is 6.17. The van der Waals surface area contributed by atoms with E-state index in [4.69, 9.17) is 17.0 Å². The van der Waals surface area contributed by atoms with Crippen LogP contribution in [0.3, 0.4) is 0 Å². The highest BCUT2D eigenvalue weighted by molar-refractivity contribution is 7.73. The normalized spacial score (nSPS) is 12.7. The Kier molecular flexibility index (Phi) is 6.12. The van der Waals surface area contributed by atoms with Crippen molar-refractivity contribution >= 4 is 40.8 Å². The lowest BCUT2D eigenvalue weighted by Gasteiger charge is -2.28. The Morgan fingerprint density at radius 3 is 2.25 bits per heavy atom. The number of nitrogens with one attached hydrogen (secondary N) is 2. The number of anilines is 1. The number of hydrogen-bond donors (Lipinski definition) is 2. The zero-order valence-electron chi connectivity index (χ0n) is 18.0. The zero-order valence-corrected chi connectivity index (χ0v) is 19.7. The average molecular weight is 469 g/mol. The van der Waals surface area contributed by atoms with Crippen LogP contribution in [0.15, 0.2) is 48.5 Å². The van der Waals surface area contributed by atoms with E-state index in [-0.39, 0.29) is 24.5 Å². The number of H-pyrrole nitrogens is 1. The second-order valence-corrected chi connectivity index (χ2v) is 10.5. The third kappa shape index (κ3) is 4.73. The van der Waals surface area contributed by atoms with Gasteiger partial charge in [-0.1, -0.05) is 80.6 Å². The van der Waals surface area contributed by atoms with Crippen LogP contribution in [-0.2, 0) is 4.74 Å². The number of amides is 3. The number of aromatic nitrogens is 2. The highest BCUT2D eigenvalue weighted by Gasteiger charge is 2.32. The van der Waals surface area contributed by atoms with Crippen LogP contribution in [0.2, 0.25) is 0 Å². The van der Waals surface area contributed by atoms with Crippen molar-refractivity contribution < 1.29 is 14.3 Å². The van der Waals surface area contributed by atoms with Gasteiger partial charge in [-0.2, -0.15) is 0 Å². The van der Waals surface area contributed by atoms with Crippen molar-refractivity contribution in [2.24, 2.45) is 5.41 Å². The van der Waals surface area contributed by atoms with Crippen molar-refractivity contribution in [2.45, 2.75) is 26.7 Å². The first kappa shape index (κ1) is 22.2. The van der Waals surface area contributed by atoms with Gasteiger partial charge in [0.15, 0.2) is 3.95 Å². The number of nitrogens with zero attached hydrogens (tertiary/aromatic N) is 2. The van der Waals surface area contributed by atoms with Gasteiger partial charge in [0, 0.05) is 12.5 Å². The molecule has 2 aromatic carbocycles. The lowest BCUT2D eigenvalue weighted by Crippen LogP contribution is -2.45. The number of aromatic amines is 1. The Labute approximate surface area is 195 Å². The van der Waals surface area contributed by atoms with E-state index in [2.05, 4.69) is 39.8 Å². The second-order valence-electron chi connectivity index (χ2n) is 8.80. The van der Waals surface area contributed by atoms with Gasteiger partial charge >= 0.3 is 12.1 Å². The summed E-state index contributed by atoms with van der Waals surface area (Å²) < 4.78 is 6.13. The summed E-state index contributed by atoms with van der Waals surface area (Å²) in [6.07, 6.45) is -0.696. The van der Waals surface area contributed by atoms with E-state index >= 15 is 0 Å². The predicted octanol–water partition coefficient (Wildman–Crippen LogP) is 6.03. The van der Waals surface area contributed by atoms with Gasteiger partial charge in [-0.25, -0.2) is 14.5 Å². The number of fused-ring (bicyclic) bond motifs is 3. The molecule has 9 heteroatoms. The van der Waals surface area contributed by atoms with Crippen LogP contribution in [0, 0.1) is 9.37 Å². The predicted molar refractivity (Wildman–Crippen MR) is 128 cm³/mol. The lowest BCUT2D eigenvalue weighted by molar-refractivity contribution is 0.0995. The van der Waals surface area contributed by atoms with Gasteiger partial charge in [-0.15, -0.1) is 5.10 Å². The van der Waals surface area contributed by atoms with Gasteiger partial charge in [0.2, 0.25) is 5.13 Å². The molecule has 1 heterocycles. The molecule has 0 spiro atoms. The van der Waals surface area contributed by atoms with E-state index in [0.29, 0.717) is 9.09 Å². The SMILES string of the molecule is CC(C)(C)CN(C(=O)Nc1n[nH]c(=S)s1)C(=O)OCC1c2ccccc2-c2ccccc21. The molecule has 2 N–H and O–H groups in total. The summed E-state index contributed by atoms with van der Waals surface area (Å²) in [6, 6.07) is 15.6. The second kappa shape index (κ2) is 8.84. The van der Waals surface area contributed by atoms with Crippen molar-refractivity contribution in [1.82, 2.24) is 15.1 Å². The maximum Gasteiger partial charge on any atom is 0.418 e. The molecule has 1 aliphatic rings. The molecule has 0 saturated heterocycles. The van der Waals surface area contributed by atoms with Gasteiger partial charge in [-0.3, -0.25) is 10.4 Å². The molecule has 0 radical (unpaired) electrons. The summed E-state index contributed by atoms with van der Waals surface area (Å²) >= 11 is 6.12. The molecule has 0 bridgehead atoms. The Morgan fingerprint density at radius 2 is 1.72 bits per heavy atom. The van der Waals surface area contributed by atoms with Crippen LogP contribution in [0.1, 0.15) is 37.8 Å². The number of ether oxygens (including phenoxy) is 1. The number of carbonyl (C=O) groups is 2. The summed E-state index contributed by atoms with van der Waals surface area (Å²) in [5.41, 5.74) is 4.21. The molecule has 0 atom stereocenters. The molecule has 3 aromatic rings. The molecule has 0 saturated carbocycles. The van der Waals surface area contributed by atoms with E-state index in [1.165, 1.54) is 0 Å².